The molecule has 178 valence electrons. The molecule has 1 aromatic carbocycles. The second kappa shape index (κ2) is 10.0. The van der Waals surface area contributed by atoms with Crippen LogP contribution in [-0.2, 0) is 21.6 Å². The fourth-order valence-corrected chi connectivity index (χ4v) is 3.85. The molecule has 1 heterocycles. The molecular weight excluding hydrogens is 430 g/mol. The Morgan fingerprint density at radius 1 is 1.15 bits per heavy atom. The first-order valence-electron chi connectivity index (χ1n) is 10.8. The lowest BCUT2D eigenvalue weighted by Gasteiger charge is -2.43. The van der Waals surface area contributed by atoms with E-state index < -0.39 is 34.6 Å². The number of benzene rings is 1. The number of rotatable bonds is 7. The number of aromatic hydroxyl groups is 1. The zero-order valence-electron chi connectivity index (χ0n) is 18.7. The van der Waals surface area contributed by atoms with E-state index in [0.29, 0.717) is 25.7 Å². The lowest BCUT2D eigenvalue weighted by atomic mass is 9.68. The highest BCUT2D eigenvalue weighted by atomic mass is 16.5. The number of hydrogen-bond donors (Lipinski definition) is 4. The number of aromatic amines is 1. The van der Waals surface area contributed by atoms with Crippen molar-refractivity contribution in [1.82, 2.24) is 15.3 Å². The van der Waals surface area contributed by atoms with E-state index in [-0.39, 0.29) is 31.1 Å². The molecule has 10 heteroatoms. The number of H-pyrrole nitrogens is 1. The van der Waals surface area contributed by atoms with Crippen LogP contribution in [0.1, 0.15) is 61.4 Å². The zero-order valence-corrected chi connectivity index (χ0v) is 18.7. The van der Waals surface area contributed by atoms with Crippen LogP contribution in [0, 0.1) is 5.41 Å². The number of carbonyl (C=O) groups excluding carboxylic acids is 2. The summed E-state index contributed by atoms with van der Waals surface area (Å²) in [4.78, 5) is 44.0. The third-order valence-corrected chi connectivity index (χ3v) is 6.06. The number of alkyl carbamates (subject to hydrolysis) is 1. The van der Waals surface area contributed by atoms with Gasteiger partial charge in [0.15, 0.2) is 5.69 Å². The van der Waals surface area contributed by atoms with Gasteiger partial charge in [-0.3, -0.25) is 4.79 Å². The second-order valence-corrected chi connectivity index (χ2v) is 8.57. The van der Waals surface area contributed by atoms with Crippen LogP contribution < -0.4 is 10.9 Å². The zero-order chi connectivity index (χ0) is 24.1. The minimum absolute atomic E-state index is 0.0185. The van der Waals surface area contributed by atoms with Crippen molar-refractivity contribution in [1.29, 1.82) is 0 Å². The number of carbonyl (C=O) groups is 2. The van der Waals surface area contributed by atoms with Crippen molar-refractivity contribution in [2.75, 3.05) is 13.2 Å². The predicted molar refractivity (Wildman–Crippen MR) is 118 cm³/mol. The van der Waals surface area contributed by atoms with Crippen molar-refractivity contribution >= 4 is 12.1 Å². The van der Waals surface area contributed by atoms with Gasteiger partial charge in [0.05, 0.1) is 6.61 Å². The van der Waals surface area contributed by atoms with E-state index in [2.05, 4.69) is 15.3 Å². The largest absolute Gasteiger partial charge is 0.501 e. The Hall–Kier alpha value is -3.40. The molecule has 1 aromatic heterocycles. The van der Waals surface area contributed by atoms with Gasteiger partial charge in [0.2, 0.25) is 5.75 Å². The molecule has 0 bridgehead atoms. The summed E-state index contributed by atoms with van der Waals surface area (Å²) >= 11 is 0. The molecule has 0 aliphatic heterocycles. The summed E-state index contributed by atoms with van der Waals surface area (Å²) in [7, 11) is 0. The van der Waals surface area contributed by atoms with Gasteiger partial charge in [-0.1, -0.05) is 37.3 Å². The molecular formula is C23H29N3O7. The molecule has 0 radical (unpaired) electrons. The van der Waals surface area contributed by atoms with Gasteiger partial charge in [0.25, 0.3) is 5.56 Å². The first kappa shape index (κ1) is 24.2. The number of amides is 1. The number of aliphatic hydroxyl groups excluding tert-OH is 1. The fraction of sp³-hybridized carbons (Fsp3) is 0.478. The fourth-order valence-electron chi connectivity index (χ4n) is 3.85. The lowest BCUT2D eigenvalue weighted by molar-refractivity contribution is 0.0479. The molecule has 2 aromatic rings. The lowest BCUT2D eigenvalue weighted by Crippen LogP contribution is -2.52. The van der Waals surface area contributed by atoms with Crippen LogP contribution in [0.3, 0.4) is 0 Å². The maximum atomic E-state index is 12.7. The van der Waals surface area contributed by atoms with Crippen molar-refractivity contribution in [3.8, 4) is 5.75 Å². The van der Waals surface area contributed by atoms with E-state index in [1.807, 2.05) is 37.3 Å². The number of esters is 1. The van der Waals surface area contributed by atoms with Gasteiger partial charge in [-0.05, 0) is 43.6 Å². The first-order valence-corrected chi connectivity index (χ1v) is 10.8. The third-order valence-electron chi connectivity index (χ3n) is 6.06. The van der Waals surface area contributed by atoms with Gasteiger partial charge < -0.3 is 30.0 Å². The number of aliphatic hydroxyl groups is 1. The van der Waals surface area contributed by atoms with E-state index in [1.54, 1.807) is 6.92 Å². The Bertz CT molecular complexity index is 1040. The highest BCUT2D eigenvalue weighted by molar-refractivity contribution is 5.90. The Balaban J connectivity index is 1.92. The van der Waals surface area contributed by atoms with Gasteiger partial charge in [0, 0.05) is 6.61 Å². The minimum atomic E-state index is -1.17. The summed E-state index contributed by atoms with van der Waals surface area (Å²) in [5, 5.41) is 22.6. The van der Waals surface area contributed by atoms with Crippen molar-refractivity contribution in [3.05, 3.63) is 57.8 Å². The quantitative estimate of drug-likeness (QED) is 0.461. The minimum Gasteiger partial charge on any atom is -0.501 e. The van der Waals surface area contributed by atoms with Crippen molar-refractivity contribution in [2.45, 2.75) is 51.7 Å². The van der Waals surface area contributed by atoms with Gasteiger partial charge in [-0.25, -0.2) is 14.6 Å². The van der Waals surface area contributed by atoms with Crippen LogP contribution >= 0.6 is 0 Å². The molecule has 1 aliphatic carbocycles. The van der Waals surface area contributed by atoms with Crippen LogP contribution in [-0.4, -0.2) is 45.5 Å². The summed E-state index contributed by atoms with van der Waals surface area (Å²) in [6.45, 7) is 3.57. The summed E-state index contributed by atoms with van der Waals surface area (Å²) in [5.41, 5.74) is -2.17. The number of hydrogen-bond acceptors (Lipinski definition) is 8. The van der Waals surface area contributed by atoms with Crippen molar-refractivity contribution in [2.24, 2.45) is 5.41 Å². The van der Waals surface area contributed by atoms with Crippen LogP contribution in [0.2, 0.25) is 0 Å². The molecule has 1 aliphatic rings. The number of aromatic nitrogens is 2. The van der Waals surface area contributed by atoms with E-state index in [9.17, 15) is 24.6 Å². The molecule has 33 heavy (non-hydrogen) atoms. The molecule has 0 atom stereocenters. The maximum Gasteiger partial charge on any atom is 0.408 e. The molecule has 1 fully saturated rings. The molecule has 1 saturated carbocycles. The molecule has 10 nitrogen and oxygen atoms in total. The van der Waals surface area contributed by atoms with E-state index in [0.717, 1.165) is 5.56 Å². The molecule has 0 saturated heterocycles. The summed E-state index contributed by atoms with van der Waals surface area (Å²) in [6.07, 6.45) is 0.949. The average molecular weight is 459 g/mol. The molecule has 1 amide bonds. The summed E-state index contributed by atoms with van der Waals surface area (Å²) < 4.78 is 10.3. The van der Waals surface area contributed by atoms with Gasteiger partial charge in [0.1, 0.15) is 18.0 Å². The molecule has 0 unspecified atom stereocenters. The normalized spacial score (nSPS) is 22.4. The highest BCUT2D eigenvalue weighted by Crippen LogP contribution is 2.44. The van der Waals surface area contributed by atoms with E-state index >= 15 is 0 Å². The van der Waals surface area contributed by atoms with Crippen LogP contribution in [0.25, 0.3) is 0 Å². The Kier molecular flexibility index (Phi) is 7.37. The molecule has 4 N–H and O–H groups in total. The van der Waals surface area contributed by atoms with E-state index in [1.165, 1.54) is 0 Å². The summed E-state index contributed by atoms with van der Waals surface area (Å²) in [5.74, 6) is -1.78. The van der Waals surface area contributed by atoms with Gasteiger partial charge in [-0.15, -0.1) is 0 Å². The Morgan fingerprint density at radius 3 is 2.42 bits per heavy atom. The van der Waals surface area contributed by atoms with Crippen LogP contribution in [0.5, 0.6) is 5.75 Å². The molecule has 3 rings (SSSR count). The van der Waals surface area contributed by atoms with Crippen molar-refractivity contribution < 1.29 is 29.3 Å². The monoisotopic (exact) mass is 459 g/mol. The van der Waals surface area contributed by atoms with Gasteiger partial charge >= 0.3 is 12.1 Å². The van der Waals surface area contributed by atoms with Crippen molar-refractivity contribution in [3.63, 3.8) is 0 Å². The smallest absolute Gasteiger partial charge is 0.408 e. The van der Waals surface area contributed by atoms with Gasteiger partial charge in [-0.2, -0.15) is 0 Å². The SMILES string of the molecule is CCOC(=O)c1nc(C2(NC(=O)OCc3ccccc3)CCC(C)(CO)CC2)[nH]c(=O)c1O. The second-order valence-electron chi connectivity index (χ2n) is 8.57. The highest BCUT2D eigenvalue weighted by Gasteiger charge is 2.45. The number of nitrogens with one attached hydrogen (secondary N) is 2. The average Bonchev–Trinajstić information content (AvgIpc) is 2.82. The summed E-state index contributed by atoms with van der Waals surface area (Å²) in [6, 6.07) is 9.16. The predicted octanol–water partition coefficient (Wildman–Crippen LogP) is 2.35. The maximum absolute atomic E-state index is 12.7. The molecule has 0 spiro atoms. The van der Waals surface area contributed by atoms with Crippen LogP contribution in [0.15, 0.2) is 35.1 Å². The third kappa shape index (κ3) is 5.51. The number of ether oxygens (including phenoxy) is 2. The number of nitrogens with zero attached hydrogens (tertiary/aromatic N) is 1. The standard InChI is InChI=1S/C23H29N3O7/c1-3-32-19(30)16-17(28)18(29)25-20(24-16)23(11-9-22(2,14-27)10-12-23)26-21(31)33-13-15-7-5-4-6-8-15/h4-8,27-28H,3,9-14H2,1-2H3,(H,26,31)(H,24,25,29). The Morgan fingerprint density at radius 2 is 1.82 bits per heavy atom. The van der Waals surface area contributed by atoms with E-state index in [4.69, 9.17) is 9.47 Å². The topological polar surface area (TPSA) is 151 Å². The van der Waals surface area contributed by atoms with Crippen LogP contribution in [0.4, 0.5) is 4.79 Å². The first-order chi connectivity index (χ1) is 15.7. The Labute approximate surface area is 191 Å².